The first-order chi connectivity index (χ1) is 12.8. The average molecular weight is 356 g/mol. The molecule has 0 aromatic heterocycles. The molecular weight excluding hydrogens is 339 g/mol. The van der Waals surface area contributed by atoms with Gasteiger partial charge in [0, 0.05) is 5.39 Å². The van der Waals surface area contributed by atoms with E-state index in [1.165, 1.54) is 10.6 Å². The van der Waals surface area contributed by atoms with Crippen molar-refractivity contribution in [1.82, 2.24) is 0 Å². The van der Waals surface area contributed by atoms with E-state index in [4.69, 9.17) is 0 Å². The van der Waals surface area contributed by atoms with Crippen LogP contribution in [0, 0.1) is 0 Å². The maximum absolute atomic E-state index is 11.9. The van der Waals surface area contributed by atoms with Crippen LogP contribution in [0.2, 0.25) is 0 Å². The molecule has 0 radical (unpaired) electrons. The summed E-state index contributed by atoms with van der Waals surface area (Å²) in [5.41, 5.74) is 0.359. The third-order valence-corrected chi connectivity index (χ3v) is 6.87. The molecule has 3 heteroatoms. The second kappa shape index (κ2) is 7.11. The number of carboxylic acid groups (broad SMARTS) is 1. The van der Waals surface area contributed by atoms with Crippen molar-refractivity contribution in [1.29, 1.82) is 0 Å². The lowest BCUT2D eigenvalue weighted by Crippen LogP contribution is -2.22. The molecule has 2 nitrogen and oxygen atoms in total. The van der Waals surface area contributed by atoms with Crippen LogP contribution >= 0.6 is 7.92 Å². The number of carboxylic acids is 1. The Morgan fingerprint density at radius 1 is 0.654 bits per heavy atom. The number of aromatic carboxylic acids is 1. The van der Waals surface area contributed by atoms with Gasteiger partial charge in [0.1, 0.15) is 0 Å². The highest BCUT2D eigenvalue weighted by Gasteiger charge is 2.21. The van der Waals surface area contributed by atoms with Gasteiger partial charge in [0.15, 0.2) is 0 Å². The molecule has 0 saturated heterocycles. The molecule has 0 heterocycles. The number of hydrogen-bond donors (Lipinski definition) is 1. The predicted octanol–water partition coefficient (Wildman–Crippen LogP) is 4.30. The van der Waals surface area contributed by atoms with E-state index in [-0.39, 0.29) is 0 Å². The number of carbonyl (C=O) groups is 1. The number of fused-ring (bicyclic) bond motifs is 1. The van der Waals surface area contributed by atoms with Crippen molar-refractivity contribution in [2.24, 2.45) is 0 Å². The van der Waals surface area contributed by atoms with Gasteiger partial charge in [0.2, 0.25) is 0 Å². The molecule has 0 unspecified atom stereocenters. The lowest BCUT2D eigenvalue weighted by molar-refractivity contribution is 0.0699. The zero-order valence-electron chi connectivity index (χ0n) is 14.0. The molecule has 0 amide bonds. The zero-order valence-corrected chi connectivity index (χ0v) is 14.9. The summed E-state index contributed by atoms with van der Waals surface area (Å²) in [5, 5.41) is 15.0. The van der Waals surface area contributed by atoms with E-state index in [9.17, 15) is 9.90 Å². The molecule has 0 atom stereocenters. The van der Waals surface area contributed by atoms with Crippen molar-refractivity contribution in [2.45, 2.75) is 0 Å². The highest BCUT2D eigenvalue weighted by molar-refractivity contribution is 7.80. The van der Waals surface area contributed by atoms with E-state index in [0.29, 0.717) is 5.56 Å². The van der Waals surface area contributed by atoms with Gasteiger partial charge in [-0.1, -0.05) is 91.0 Å². The van der Waals surface area contributed by atoms with Crippen LogP contribution in [0.25, 0.3) is 10.8 Å². The number of rotatable bonds is 4. The molecule has 0 aliphatic carbocycles. The fourth-order valence-corrected chi connectivity index (χ4v) is 5.77. The van der Waals surface area contributed by atoms with E-state index in [1.807, 2.05) is 60.7 Å². The van der Waals surface area contributed by atoms with E-state index in [1.54, 1.807) is 6.07 Å². The lowest BCUT2D eigenvalue weighted by Gasteiger charge is -2.22. The van der Waals surface area contributed by atoms with Crippen LogP contribution in [0.5, 0.6) is 0 Å². The van der Waals surface area contributed by atoms with Crippen molar-refractivity contribution in [2.75, 3.05) is 0 Å². The Hall–Kier alpha value is -2.96. The normalized spacial score (nSPS) is 11.0. The van der Waals surface area contributed by atoms with E-state index < -0.39 is 13.9 Å². The molecule has 4 rings (SSSR count). The van der Waals surface area contributed by atoms with Gasteiger partial charge in [0.05, 0.1) is 5.56 Å². The Kier molecular flexibility index (Phi) is 4.51. The van der Waals surface area contributed by atoms with Gasteiger partial charge >= 0.3 is 5.97 Å². The second-order valence-electron chi connectivity index (χ2n) is 5.99. The van der Waals surface area contributed by atoms with Gasteiger partial charge < -0.3 is 5.11 Å². The summed E-state index contributed by atoms with van der Waals surface area (Å²) < 4.78 is 0. The molecule has 4 aromatic rings. The summed E-state index contributed by atoms with van der Waals surface area (Å²) in [6.45, 7) is 0. The number of benzene rings is 4. The molecule has 0 aliphatic rings. The van der Waals surface area contributed by atoms with E-state index in [0.717, 1.165) is 16.1 Å². The predicted molar refractivity (Wildman–Crippen MR) is 110 cm³/mol. The Morgan fingerprint density at radius 2 is 1.19 bits per heavy atom. The highest BCUT2D eigenvalue weighted by atomic mass is 31.1. The Morgan fingerprint density at radius 3 is 1.73 bits per heavy atom. The molecule has 0 saturated carbocycles. The summed E-state index contributed by atoms with van der Waals surface area (Å²) in [6.07, 6.45) is 0. The standard InChI is InChI=1S/C23H17O2P/c24-23(25)20-15-7-9-17-10-8-16-21(22(17)20)26(18-11-3-1-4-12-18)19-13-5-2-6-14-19/h1-16H,(H,24,25). The van der Waals surface area contributed by atoms with Crippen LogP contribution in [0.1, 0.15) is 10.4 Å². The Labute approximate surface area is 153 Å². The summed E-state index contributed by atoms with van der Waals surface area (Å²) in [4.78, 5) is 11.9. The molecule has 0 aliphatic heterocycles. The van der Waals surface area contributed by atoms with Crippen LogP contribution in [0.4, 0.5) is 0 Å². The quantitative estimate of drug-likeness (QED) is 0.554. The monoisotopic (exact) mass is 356 g/mol. The number of hydrogen-bond acceptors (Lipinski definition) is 1. The van der Waals surface area contributed by atoms with Gasteiger partial charge in [0.25, 0.3) is 0 Å². The summed E-state index contributed by atoms with van der Waals surface area (Å²) >= 11 is 0. The zero-order chi connectivity index (χ0) is 17.9. The van der Waals surface area contributed by atoms with Crippen LogP contribution in [-0.2, 0) is 0 Å². The lowest BCUT2D eigenvalue weighted by atomic mass is 10.0. The van der Waals surface area contributed by atoms with Crippen molar-refractivity contribution in [3.05, 3.63) is 103 Å². The topological polar surface area (TPSA) is 37.3 Å². The minimum atomic E-state index is -0.890. The molecule has 0 spiro atoms. The largest absolute Gasteiger partial charge is 0.478 e. The summed E-state index contributed by atoms with van der Waals surface area (Å²) in [5.74, 6) is -0.890. The minimum absolute atomic E-state index is 0.359. The van der Waals surface area contributed by atoms with Crippen molar-refractivity contribution in [3.8, 4) is 0 Å². The molecule has 1 N–H and O–H groups in total. The maximum Gasteiger partial charge on any atom is 0.336 e. The summed E-state index contributed by atoms with van der Waals surface area (Å²) in [7, 11) is -0.850. The Balaban J connectivity index is 2.05. The Bertz CT molecular complexity index is 1010. The fourth-order valence-electron chi connectivity index (χ4n) is 3.27. The van der Waals surface area contributed by atoms with Gasteiger partial charge in [-0.25, -0.2) is 4.79 Å². The molecule has 126 valence electrons. The van der Waals surface area contributed by atoms with Crippen molar-refractivity contribution >= 4 is 40.6 Å². The van der Waals surface area contributed by atoms with Gasteiger partial charge in [-0.3, -0.25) is 0 Å². The smallest absolute Gasteiger partial charge is 0.336 e. The molecule has 26 heavy (non-hydrogen) atoms. The molecule has 0 bridgehead atoms. The summed E-state index contributed by atoms with van der Waals surface area (Å²) in [6, 6.07) is 32.2. The second-order valence-corrected chi connectivity index (χ2v) is 8.18. The van der Waals surface area contributed by atoms with E-state index in [2.05, 4.69) is 30.3 Å². The van der Waals surface area contributed by atoms with Crippen LogP contribution in [0.3, 0.4) is 0 Å². The van der Waals surface area contributed by atoms with Gasteiger partial charge in [-0.2, -0.15) is 0 Å². The first-order valence-electron chi connectivity index (χ1n) is 8.41. The van der Waals surface area contributed by atoms with Gasteiger partial charge in [-0.05, 0) is 35.3 Å². The SMILES string of the molecule is O=C(O)c1cccc2cccc(P(c3ccccc3)c3ccccc3)c12. The fraction of sp³-hybridized carbons (Fsp3) is 0. The highest BCUT2D eigenvalue weighted by Crippen LogP contribution is 2.36. The first kappa shape index (κ1) is 16.5. The van der Waals surface area contributed by atoms with Crippen LogP contribution < -0.4 is 15.9 Å². The maximum atomic E-state index is 11.9. The van der Waals surface area contributed by atoms with Crippen molar-refractivity contribution in [3.63, 3.8) is 0 Å². The average Bonchev–Trinajstić information content (AvgIpc) is 2.69. The molecular formula is C23H17O2P. The first-order valence-corrected chi connectivity index (χ1v) is 9.75. The van der Waals surface area contributed by atoms with Crippen LogP contribution in [0.15, 0.2) is 97.1 Å². The van der Waals surface area contributed by atoms with Crippen LogP contribution in [-0.4, -0.2) is 11.1 Å². The third-order valence-electron chi connectivity index (χ3n) is 4.38. The third kappa shape index (κ3) is 3.00. The molecule has 4 aromatic carbocycles. The van der Waals surface area contributed by atoms with E-state index >= 15 is 0 Å². The molecule has 0 fully saturated rings. The minimum Gasteiger partial charge on any atom is -0.478 e. The van der Waals surface area contributed by atoms with Gasteiger partial charge in [-0.15, -0.1) is 0 Å². The van der Waals surface area contributed by atoms with Crippen molar-refractivity contribution < 1.29 is 9.90 Å².